The number of Topliss-reactive ketones (excluding diaryl/α,β-unsaturated/α-hetero) is 1. The number of aromatic nitrogens is 5. The molecule has 7 nitrogen and oxygen atoms in total. The number of allylic oxidation sites excluding steroid dienone is 1. The van der Waals surface area contributed by atoms with Gasteiger partial charge in [-0.15, -0.1) is 10.2 Å². The summed E-state index contributed by atoms with van der Waals surface area (Å²) in [6.07, 6.45) is 3.59. The number of H-pyrrole nitrogens is 1. The van der Waals surface area contributed by atoms with E-state index in [1.54, 1.807) is 20.0 Å². The van der Waals surface area contributed by atoms with Gasteiger partial charge >= 0.3 is 0 Å². The molecule has 0 fully saturated rings. The summed E-state index contributed by atoms with van der Waals surface area (Å²) >= 11 is 0. The third kappa shape index (κ3) is 3.15. The van der Waals surface area contributed by atoms with Crippen LogP contribution in [0.25, 0.3) is 33.7 Å². The molecule has 0 atom stereocenters. The standard InChI is InChI=1S/C20H17N5O2/c1-11(2)16(26)8-13-5-4-6-14(7-13)18-17-15(20-25-24-12(3)27-20)9-21-19(17)23-10-22-18/h4-7,9-10H,1,8H2,2-3H3,(H,21,22,23). The summed E-state index contributed by atoms with van der Waals surface area (Å²) in [5.74, 6) is 0.908. The fourth-order valence-corrected chi connectivity index (χ4v) is 2.92. The van der Waals surface area contributed by atoms with Crippen LogP contribution in [0.4, 0.5) is 0 Å². The lowest BCUT2D eigenvalue weighted by atomic mass is 10.00. The molecule has 0 bridgehead atoms. The fraction of sp³-hybridized carbons (Fsp3) is 0.150. The molecule has 4 aromatic rings. The van der Waals surface area contributed by atoms with Gasteiger partial charge in [0.25, 0.3) is 0 Å². The number of aryl methyl sites for hydroxylation is 1. The molecule has 3 aromatic heterocycles. The highest BCUT2D eigenvalue weighted by molar-refractivity contribution is 6.01. The van der Waals surface area contributed by atoms with Gasteiger partial charge in [0.15, 0.2) is 5.78 Å². The SMILES string of the molecule is C=C(C)C(=O)Cc1cccc(-c2ncnc3[nH]cc(-c4nnc(C)o4)c23)c1. The summed E-state index contributed by atoms with van der Waals surface area (Å²) < 4.78 is 5.58. The Morgan fingerprint density at radius 2 is 2.11 bits per heavy atom. The molecule has 0 saturated heterocycles. The van der Waals surface area contributed by atoms with E-state index in [1.165, 1.54) is 6.33 Å². The molecule has 0 spiro atoms. The van der Waals surface area contributed by atoms with Gasteiger partial charge in [-0.1, -0.05) is 24.8 Å². The molecule has 0 amide bonds. The zero-order valence-electron chi connectivity index (χ0n) is 15.0. The van der Waals surface area contributed by atoms with Gasteiger partial charge in [-0.3, -0.25) is 4.79 Å². The zero-order valence-corrected chi connectivity index (χ0v) is 15.0. The maximum atomic E-state index is 12.0. The Hall–Kier alpha value is -3.61. The van der Waals surface area contributed by atoms with Crippen molar-refractivity contribution < 1.29 is 9.21 Å². The van der Waals surface area contributed by atoms with Crippen LogP contribution in [0.15, 0.2) is 53.4 Å². The molecule has 1 N–H and O–H groups in total. The van der Waals surface area contributed by atoms with Crippen molar-refractivity contribution in [1.29, 1.82) is 0 Å². The molecule has 134 valence electrons. The van der Waals surface area contributed by atoms with Crippen molar-refractivity contribution in [2.24, 2.45) is 0 Å². The number of carbonyl (C=O) groups excluding carboxylic acids is 1. The molecule has 0 radical (unpaired) electrons. The average Bonchev–Trinajstić information content (AvgIpc) is 3.27. The highest BCUT2D eigenvalue weighted by Gasteiger charge is 2.18. The van der Waals surface area contributed by atoms with Gasteiger partial charge in [0.05, 0.1) is 16.6 Å². The van der Waals surface area contributed by atoms with Gasteiger partial charge in [0.1, 0.15) is 12.0 Å². The van der Waals surface area contributed by atoms with E-state index in [2.05, 4.69) is 31.7 Å². The van der Waals surface area contributed by atoms with Gasteiger partial charge < -0.3 is 9.40 Å². The highest BCUT2D eigenvalue weighted by Crippen LogP contribution is 2.33. The van der Waals surface area contributed by atoms with Crippen molar-refractivity contribution in [2.45, 2.75) is 20.3 Å². The second kappa shape index (κ2) is 6.60. The van der Waals surface area contributed by atoms with Crippen LogP contribution in [0, 0.1) is 6.92 Å². The quantitative estimate of drug-likeness (QED) is 0.546. The van der Waals surface area contributed by atoms with Crippen molar-refractivity contribution >= 4 is 16.8 Å². The largest absolute Gasteiger partial charge is 0.421 e. The minimum atomic E-state index is 0.0173. The highest BCUT2D eigenvalue weighted by atomic mass is 16.4. The monoisotopic (exact) mass is 359 g/mol. The van der Waals surface area contributed by atoms with Gasteiger partial charge in [0.2, 0.25) is 11.8 Å². The lowest BCUT2D eigenvalue weighted by molar-refractivity contribution is -0.114. The predicted molar refractivity (Wildman–Crippen MR) is 101 cm³/mol. The Bertz CT molecular complexity index is 1170. The Morgan fingerprint density at radius 3 is 2.85 bits per heavy atom. The van der Waals surface area contributed by atoms with Crippen LogP contribution in [0.5, 0.6) is 0 Å². The van der Waals surface area contributed by atoms with E-state index in [4.69, 9.17) is 4.42 Å². The number of nitrogens with one attached hydrogen (secondary N) is 1. The number of hydrogen-bond acceptors (Lipinski definition) is 6. The number of hydrogen-bond donors (Lipinski definition) is 1. The van der Waals surface area contributed by atoms with Crippen LogP contribution in [0.3, 0.4) is 0 Å². The molecule has 3 heterocycles. The molecule has 0 aliphatic carbocycles. The van der Waals surface area contributed by atoms with Crippen molar-refractivity contribution in [3.8, 4) is 22.7 Å². The van der Waals surface area contributed by atoms with Crippen molar-refractivity contribution in [3.63, 3.8) is 0 Å². The Labute approximate surface area is 155 Å². The van der Waals surface area contributed by atoms with Crippen LogP contribution in [-0.4, -0.2) is 30.9 Å². The van der Waals surface area contributed by atoms with Crippen LogP contribution in [0.2, 0.25) is 0 Å². The topological polar surface area (TPSA) is 97.6 Å². The number of aromatic amines is 1. The van der Waals surface area contributed by atoms with E-state index in [-0.39, 0.29) is 5.78 Å². The normalized spacial score (nSPS) is 11.0. The molecule has 27 heavy (non-hydrogen) atoms. The summed E-state index contributed by atoms with van der Waals surface area (Å²) in [6, 6.07) is 7.74. The molecular formula is C20H17N5O2. The number of carbonyl (C=O) groups is 1. The first-order valence-corrected chi connectivity index (χ1v) is 8.43. The van der Waals surface area contributed by atoms with E-state index in [9.17, 15) is 4.79 Å². The average molecular weight is 359 g/mol. The Balaban J connectivity index is 1.84. The maximum Gasteiger partial charge on any atom is 0.250 e. The summed E-state index contributed by atoms with van der Waals surface area (Å²) in [6.45, 7) is 7.18. The smallest absolute Gasteiger partial charge is 0.250 e. The minimum Gasteiger partial charge on any atom is -0.421 e. The zero-order chi connectivity index (χ0) is 19.0. The van der Waals surface area contributed by atoms with Crippen LogP contribution < -0.4 is 0 Å². The van der Waals surface area contributed by atoms with Crippen molar-refractivity contribution in [3.05, 3.63) is 60.4 Å². The van der Waals surface area contributed by atoms with E-state index in [0.29, 0.717) is 29.4 Å². The molecule has 1 aromatic carbocycles. The number of benzene rings is 1. The minimum absolute atomic E-state index is 0.0173. The second-order valence-electron chi connectivity index (χ2n) is 6.36. The molecule has 0 unspecified atom stereocenters. The molecule has 7 heteroatoms. The summed E-state index contributed by atoms with van der Waals surface area (Å²) in [5.41, 5.74) is 4.48. The molecular weight excluding hydrogens is 342 g/mol. The number of ketones is 1. The Morgan fingerprint density at radius 1 is 1.26 bits per heavy atom. The number of nitrogens with zero attached hydrogens (tertiary/aromatic N) is 4. The van der Waals surface area contributed by atoms with Gasteiger partial charge in [-0.2, -0.15) is 0 Å². The third-order valence-electron chi connectivity index (χ3n) is 4.27. The van der Waals surface area contributed by atoms with Crippen LogP contribution in [-0.2, 0) is 11.2 Å². The summed E-state index contributed by atoms with van der Waals surface area (Å²) in [5, 5.41) is 8.80. The second-order valence-corrected chi connectivity index (χ2v) is 6.36. The summed E-state index contributed by atoms with van der Waals surface area (Å²) in [4.78, 5) is 23.9. The first-order chi connectivity index (χ1) is 13.0. The van der Waals surface area contributed by atoms with E-state index < -0.39 is 0 Å². The fourth-order valence-electron chi connectivity index (χ4n) is 2.92. The number of rotatable bonds is 5. The van der Waals surface area contributed by atoms with E-state index in [1.807, 2.05) is 24.3 Å². The predicted octanol–water partition coefficient (Wildman–Crippen LogP) is 3.67. The van der Waals surface area contributed by atoms with Gasteiger partial charge in [-0.25, -0.2) is 9.97 Å². The lowest BCUT2D eigenvalue weighted by Gasteiger charge is -2.07. The number of fused-ring (bicyclic) bond motifs is 1. The molecule has 0 aliphatic heterocycles. The molecule has 4 rings (SSSR count). The Kier molecular flexibility index (Phi) is 4.12. The van der Waals surface area contributed by atoms with Gasteiger partial charge in [-0.05, 0) is 24.1 Å². The molecule has 0 aliphatic rings. The van der Waals surface area contributed by atoms with Gasteiger partial charge in [0, 0.05) is 25.1 Å². The van der Waals surface area contributed by atoms with Crippen LogP contribution in [0.1, 0.15) is 18.4 Å². The lowest BCUT2D eigenvalue weighted by Crippen LogP contribution is -2.03. The van der Waals surface area contributed by atoms with E-state index in [0.717, 1.165) is 27.8 Å². The van der Waals surface area contributed by atoms with E-state index >= 15 is 0 Å². The first kappa shape index (κ1) is 16.8. The van der Waals surface area contributed by atoms with Crippen LogP contribution >= 0.6 is 0 Å². The van der Waals surface area contributed by atoms with Crippen molar-refractivity contribution in [2.75, 3.05) is 0 Å². The van der Waals surface area contributed by atoms with Crippen molar-refractivity contribution in [1.82, 2.24) is 25.1 Å². The first-order valence-electron chi connectivity index (χ1n) is 8.43. The molecule has 0 saturated carbocycles. The maximum absolute atomic E-state index is 12.0. The third-order valence-corrected chi connectivity index (χ3v) is 4.27. The summed E-state index contributed by atoms with van der Waals surface area (Å²) in [7, 11) is 0.